The van der Waals surface area contributed by atoms with E-state index < -0.39 is 4.92 Å². The summed E-state index contributed by atoms with van der Waals surface area (Å²) in [5.41, 5.74) is 0. The van der Waals surface area contributed by atoms with E-state index >= 15 is 0 Å². The SMILES string of the molecule is CN(CCCO)c1nc2sccn2c1[N+](=O)[O-]. The predicted molar refractivity (Wildman–Crippen MR) is 64.7 cm³/mol. The second kappa shape index (κ2) is 4.68. The van der Waals surface area contributed by atoms with E-state index in [1.54, 1.807) is 23.5 Å². The summed E-state index contributed by atoms with van der Waals surface area (Å²) in [4.78, 5) is 17.1. The monoisotopic (exact) mass is 256 g/mol. The van der Waals surface area contributed by atoms with Gasteiger partial charge in [-0.15, -0.1) is 0 Å². The maximum Gasteiger partial charge on any atom is 0.373 e. The summed E-state index contributed by atoms with van der Waals surface area (Å²) >= 11 is 1.35. The molecular weight excluding hydrogens is 244 g/mol. The lowest BCUT2D eigenvalue weighted by Crippen LogP contribution is -2.20. The molecule has 0 saturated carbocycles. The number of rotatable bonds is 5. The van der Waals surface area contributed by atoms with Crippen LogP contribution in [0.5, 0.6) is 0 Å². The van der Waals surface area contributed by atoms with Crippen LogP contribution in [0.3, 0.4) is 0 Å². The van der Waals surface area contributed by atoms with Gasteiger partial charge in [-0.25, -0.2) is 0 Å². The Morgan fingerprint density at radius 1 is 1.71 bits per heavy atom. The predicted octanol–water partition coefficient (Wildman–Crippen LogP) is 1.12. The molecular formula is C9H12N4O3S. The zero-order valence-corrected chi connectivity index (χ0v) is 10.1. The third kappa shape index (κ3) is 2.08. The second-order valence-corrected chi connectivity index (χ2v) is 4.44. The highest BCUT2D eigenvalue weighted by molar-refractivity contribution is 7.15. The van der Waals surface area contributed by atoms with Gasteiger partial charge in [-0.2, -0.15) is 9.38 Å². The van der Waals surface area contributed by atoms with Crippen LogP contribution in [0.15, 0.2) is 11.6 Å². The molecule has 17 heavy (non-hydrogen) atoms. The minimum Gasteiger partial charge on any atom is -0.396 e. The highest BCUT2D eigenvalue weighted by Gasteiger charge is 2.25. The van der Waals surface area contributed by atoms with Gasteiger partial charge in [-0.3, -0.25) is 0 Å². The highest BCUT2D eigenvalue weighted by Crippen LogP contribution is 2.30. The number of nitrogens with zero attached hydrogens (tertiary/aromatic N) is 4. The Balaban J connectivity index is 2.41. The van der Waals surface area contributed by atoms with E-state index in [4.69, 9.17) is 5.11 Å². The number of anilines is 1. The van der Waals surface area contributed by atoms with Crippen molar-refractivity contribution in [3.8, 4) is 0 Å². The maximum absolute atomic E-state index is 11.0. The summed E-state index contributed by atoms with van der Waals surface area (Å²) in [6, 6.07) is 0. The van der Waals surface area contributed by atoms with Crippen LogP contribution in [-0.4, -0.2) is 39.6 Å². The van der Waals surface area contributed by atoms with Gasteiger partial charge in [-0.1, -0.05) is 11.3 Å². The van der Waals surface area contributed by atoms with Crippen molar-refractivity contribution in [2.45, 2.75) is 6.42 Å². The summed E-state index contributed by atoms with van der Waals surface area (Å²) in [5.74, 6) is 0.317. The van der Waals surface area contributed by atoms with Crippen molar-refractivity contribution in [1.82, 2.24) is 9.38 Å². The zero-order valence-electron chi connectivity index (χ0n) is 9.24. The Bertz CT molecular complexity index is 535. The van der Waals surface area contributed by atoms with Crippen molar-refractivity contribution in [2.24, 2.45) is 0 Å². The summed E-state index contributed by atoms with van der Waals surface area (Å²) in [6.45, 7) is 0.586. The largest absolute Gasteiger partial charge is 0.396 e. The van der Waals surface area contributed by atoms with Crippen LogP contribution in [0.25, 0.3) is 4.96 Å². The molecule has 1 N–H and O–H groups in total. The van der Waals surface area contributed by atoms with E-state index in [1.807, 2.05) is 0 Å². The first-order valence-corrected chi connectivity index (χ1v) is 5.95. The third-order valence-corrected chi connectivity index (χ3v) is 3.16. The van der Waals surface area contributed by atoms with Gasteiger partial charge in [0, 0.05) is 25.6 Å². The Hall–Kier alpha value is -1.67. The number of imidazole rings is 1. The van der Waals surface area contributed by atoms with Gasteiger partial charge >= 0.3 is 5.82 Å². The van der Waals surface area contributed by atoms with Crippen molar-refractivity contribution >= 4 is 27.9 Å². The summed E-state index contributed by atoms with van der Waals surface area (Å²) < 4.78 is 1.47. The highest BCUT2D eigenvalue weighted by atomic mass is 32.1. The zero-order chi connectivity index (χ0) is 12.4. The van der Waals surface area contributed by atoms with Crippen LogP contribution >= 0.6 is 11.3 Å². The molecule has 92 valence electrons. The van der Waals surface area contributed by atoms with E-state index in [0.29, 0.717) is 23.7 Å². The summed E-state index contributed by atoms with van der Waals surface area (Å²) in [6.07, 6.45) is 2.19. The molecule has 0 spiro atoms. The molecule has 0 aliphatic heterocycles. The smallest absolute Gasteiger partial charge is 0.373 e. The first kappa shape index (κ1) is 11.8. The second-order valence-electron chi connectivity index (χ2n) is 3.57. The summed E-state index contributed by atoms with van der Waals surface area (Å²) in [7, 11) is 1.73. The minimum atomic E-state index is -0.433. The lowest BCUT2D eigenvalue weighted by atomic mass is 10.4. The van der Waals surface area contributed by atoms with Crippen LogP contribution in [0.4, 0.5) is 11.6 Å². The maximum atomic E-state index is 11.0. The molecule has 2 rings (SSSR count). The molecule has 0 amide bonds. The molecule has 0 radical (unpaired) electrons. The van der Waals surface area contributed by atoms with E-state index in [-0.39, 0.29) is 12.4 Å². The average molecular weight is 256 g/mol. The van der Waals surface area contributed by atoms with Crippen molar-refractivity contribution in [3.05, 3.63) is 21.7 Å². The van der Waals surface area contributed by atoms with Crippen LogP contribution in [-0.2, 0) is 0 Å². The van der Waals surface area contributed by atoms with E-state index in [2.05, 4.69) is 4.98 Å². The first-order valence-electron chi connectivity index (χ1n) is 5.07. The van der Waals surface area contributed by atoms with E-state index in [1.165, 1.54) is 15.7 Å². The molecule has 2 heterocycles. The number of hydrogen-bond donors (Lipinski definition) is 1. The number of fused-ring (bicyclic) bond motifs is 1. The van der Waals surface area contributed by atoms with E-state index in [0.717, 1.165) is 0 Å². The first-order chi connectivity index (χ1) is 8.15. The molecule has 0 aromatic carbocycles. The number of thiazole rings is 1. The molecule has 7 nitrogen and oxygen atoms in total. The van der Waals surface area contributed by atoms with Gasteiger partial charge in [0.15, 0.2) is 0 Å². The van der Waals surface area contributed by atoms with Crippen LogP contribution < -0.4 is 4.90 Å². The molecule has 0 fully saturated rings. The molecule has 8 heteroatoms. The Kier molecular flexibility index (Phi) is 3.25. The van der Waals surface area contributed by atoms with Crippen molar-refractivity contribution in [2.75, 3.05) is 25.1 Å². The van der Waals surface area contributed by atoms with Crippen LogP contribution in [0.1, 0.15) is 6.42 Å². The molecule has 0 saturated heterocycles. The number of aromatic nitrogens is 2. The molecule has 0 bridgehead atoms. The van der Waals surface area contributed by atoms with Crippen LogP contribution in [0, 0.1) is 10.1 Å². The minimum absolute atomic E-state index is 0.0262. The summed E-state index contributed by atoms with van der Waals surface area (Å²) in [5, 5.41) is 21.6. The fourth-order valence-corrected chi connectivity index (χ4v) is 2.31. The topological polar surface area (TPSA) is 83.9 Å². The molecule has 0 aliphatic rings. The molecule has 0 unspecified atom stereocenters. The van der Waals surface area contributed by atoms with Gasteiger partial charge in [0.25, 0.3) is 4.96 Å². The molecule has 0 aliphatic carbocycles. The molecule has 2 aromatic heterocycles. The number of hydrogen-bond acceptors (Lipinski definition) is 6. The third-order valence-electron chi connectivity index (χ3n) is 2.41. The van der Waals surface area contributed by atoms with Gasteiger partial charge in [0.1, 0.15) is 6.20 Å². The van der Waals surface area contributed by atoms with Gasteiger partial charge in [-0.05, 0) is 11.3 Å². The lowest BCUT2D eigenvalue weighted by Gasteiger charge is -2.14. The molecule has 2 aromatic rings. The van der Waals surface area contributed by atoms with Gasteiger partial charge in [0.2, 0.25) is 5.82 Å². The molecule has 0 atom stereocenters. The Labute approximate surface area is 101 Å². The quantitative estimate of drug-likeness (QED) is 0.640. The normalized spacial score (nSPS) is 10.9. The Morgan fingerprint density at radius 3 is 3.12 bits per heavy atom. The van der Waals surface area contributed by atoms with Crippen LogP contribution in [0.2, 0.25) is 0 Å². The lowest BCUT2D eigenvalue weighted by molar-refractivity contribution is -0.389. The van der Waals surface area contributed by atoms with Crippen molar-refractivity contribution < 1.29 is 10.0 Å². The number of aliphatic hydroxyl groups excluding tert-OH is 1. The average Bonchev–Trinajstić information content (AvgIpc) is 2.83. The Morgan fingerprint density at radius 2 is 2.47 bits per heavy atom. The van der Waals surface area contributed by atoms with Gasteiger partial charge < -0.3 is 20.1 Å². The van der Waals surface area contributed by atoms with Crippen molar-refractivity contribution in [3.63, 3.8) is 0 Å². The fraction of sp³-hybridized carbons (Fsp3) is 0.444. The number of aliphatic hydroxyl groups is 1. The van der Waals surface area contributed by atoms with Gasteiger partial charge in [0.05, 0.1) is 0 Å². The fourth-order valence-electron chi connectivity index (χ4n) is 1.60. The van der Waals surface area contributed by atoms with Crippen molar-refractivity contribution in [1.29, 1.82) is 0 Å². The number of nitro groups is 1. The van der Waals surface area contributed by atoms with E-state index in [9.17, 15) is 10.1 Å². The standard InChI is InChI=1S/C9H12N4O3S/c1-11(3-2-5-14)7-8(13(15)16)12-4-6-17-9(12)10-7/h4,6,14H,2-3,5H2,1H3.